The zero-order chi connectivity index (χ0) is 5.56. The zero-order valence-electron chi connectivity index (χ0n) is 5.09. The van der Waals surface area contributed by atoms with Crippen LogP contribution >= 0.6 is 0 Å². The van der Waals surface area contributed by atoms with Gasteiger partial charge in [-0.05, 0) is 25.2 Å². The number of fused-ring (bicyclic) bond motifs is 1. The van der Waals surface area contributed by atoms with E-state index in [1.165, 1.54) is 12.0 Å². The second-order valence-corrected chi connectivity index (χ2v) is 2.83. The summed E-state index contributed by atoms with van der Waals surface area (Å²) in [5.41, 5.74) is 1.45. The lowest BCUT2D eigenvalue weighted by Gasteiger charge is -1.96. The van der Waals surface area contributed by atoms with Crippen LogP contribution in [0.4, 0.5) is 0 Å². The Kier molecular flexibility index (Phi) is 0.682. The Morgan fingerprint density at radius 2 is 2.38 bits per heavy atom. The van der Waals surface area contributed by atoms with Gasteiger partial charge >= 0.3 is 0 Å². The third-order valence-corrected chi connectivity index (χ3v) is 1.97. The number of hydrogen-bond donors (Lipinski definition) is 0. The van der Waals surface area contributed by atoms with Crippen LogP contribution in [-0.2, 0) is 0 Å². The van der Waals surface area contributed by atoms with Gasteiger partial charge in [0.05, 0.1) is 0 Å². The molecule has 0 heteroatoms. The molecule has 0 N–H and O–H groups in total. The Morgan fingerprint density at radius 1 is 1.50 bits per heavy atom. The summed E-state index contributed by atoms with van der Waals surface area (Å²) >= 11 is 0. The fraction of sp³-hybridized carbons (Fsp3) is 0.500. The normalized spacial score (nSPS) is 40.9. The standard InChI is InChI=1S/C8H10/c1-6-2-3-7-5-8(7)4-6/h2-4,7-8H,5H2,1H3. The third kappa shape index (κ3) is 0.525. The average molecular weight is 106 g/mol. The van der Waals surface area contributed by atoms with E-state index in [1.54, 1.807) is 0 Å². The lowest BCUT2D eigenvalue weighted by atomic mass is 10.1. The van der Waals surface area contributed by atoms with Crippen LogP contribution in [0.15, 0.2) is 23.8 Å². The highest BCUT2D eigenvalue weighted by molar-refractivity contribution is 5.28. The molecule has 8 heavy (non-hydrogen) atoms. The molecule has 2 rings (SSSR count). The van der Waals surface area contributed by atoms with E-state index in [-0.39, 0.29) is 0 Å². The molecule has 2 unspecified atom stereocenters. The summed E-state index contributed by atoms with van der Waals surface area (Å²) in [6, 6.07) is 0. The minimum Gasteiger partial charge on any atom is -0.0806 e. The largest absolute Gasteiger partial charge is 0.0806 e. The van der Waals surface area contributed by atoms with E-state index >= 15 is 0 Å². The SMILES string of the molecule is CC1=CC2CC2C=C1. The number of rotatable bonds is 0. The van der Waals surface area contributed by atoms with Crippen molar-refractivity contribution in [2.24, 2.45) is 11.8 Å². The molecule has 0 aromatic heterocycles. The van der Waals surface area contributed by atoms with Gasteiger partial charge in [-0.25, -0.2) is 0 Å². The van der Waals surface area contributed by atoms with Crippen LogP contribution in [0.25, 0.3) is 0 Å². The minimum atomic E-state index is 0.929. The van der Waals surface area contributed by atoms with E-state index in [4.69, 9.17) is 0 Å². The summed E-state index contributed by atoms with van der Waals surface area (Å²) in [7, 11) is 0. The van der Waals surface area contributed by atoms with Crippen molar-refractivity contribution < 1.29 is 0 Å². The van der Waals surface area contributed by atoms with Crippen molar-refractivity contribution in [1.82, 2.24) is 0 Å². The molecule has 0 heterocycles. The second kappa shape index (κ2) is 1.25. The van der Waals surface area contributed by atoms with Crippen LogP contribution in [0.2, 0.25) is 0 Å². The van der Waals surface area contributed by atoms with Crippen molar-refractivity contribution in [3.63, 3.8) is 0 Å². The molecular formula is C8H10. The third-order valence-electron chi connectivity index (χ3n) is 1.97. The number of hydrogen-bond acceptors (Lipinski definition) is 0. The first kappa shape index (κ1) is 4.37. The molecule has 1 saturated carbocycles. The molecule has 0 nitrogen and oxygen atoms in total. The van der Waals surface area contributed by atoms with Crippen molar-refractivity contribution in [3.05, 3.63) is 23.8 Å². The summed E-state index contributed by atoms with van der Waals surface area (Å²) in [4.78, 5) is 0. The topological polar surface area (TPSA) is 0 Å². The van der Waals surface area contributed by atoms with Crippen LogP contribution in [0.1, 0.15) is 13.3 Å². The Hall–Kier alpha value is -0.520. The van der Waals surface area contributed by atoms with Crippen LogP contribution in [-0.4, -0.2) is 0 Å². The van der Waals surface area contributed by atoms with Gasteiger partial charge in [-0.1, -0.05) is 23.8 Å². The molecule has 0 spiro atoms. The maximum Gasteiger partial charge on any atom is -0.0159 e. The van der Waals surface area contributed by atoms with Gasteiger partial charge in [0.1, 0.15) is 0 Å². The van der Waals surface area contributed by atoms with Crippen LogP contribution in [0.5, 0.6) is 0 Å². The lowest BCUT2D eigenvalue weighted by molar-refractivity contribution is 0.964. The molecule has 2 atom stereocenters. The van der Waals surface area contributed by atoms with Crippen LogP contribution < -0.4 is 0 Å². The van der Waals surface area contributed by atoms with Gasteiger partial charge in [0.15, 0.2) is 0 Å². The summed E-state index contributed by atoms with van der Waals surface area (Å²) < 4.78 is 0. The van der Waals surface area contributed by atoms with Gasteiger partial charge in [0.25, 0.3) is 0 Å². The molecular weight excluding hydrogens is 96.1 g/mol. The van der Waals surface area contributed by atoms with E-state index in [1.807, 2.05) is 0 Å². The van der Waals surface area contributed by atoms with Crippen molar-refractivity contribution >= 4 is 0 Å². The predicted octanol–water partition coefficient (Wildman–Crippen LogP) is 2.14. The van der Waals surface area contributed by atoms with Crippen LogP contribution in [0, 0.1) is 11.8 Å². The molecule has 0 radical (unpaired) electrons. The fourth-order valence-electron chi connectivity index (χ4n) is 1.32. The monoisotopic (exact) mass is 106 g/mol. The highest BCUT2D eigenvalue weighted by Crippen LogP contribution is 2.43. The molecule has 0 amide bonds. The molecule has 0 bridgehead atoms. The summed E-state index contributed by atoms with van der Waals surface area (Å²) in [6.07, 6.45) is 8.35. The first-order valence-corrected chi connectivity index (χ1v) is 3.23. The molecule has 0 aromatic carbocycles. The van der Waals surface area contributed by atoms with E-state index in [0.29, 0.717) is 0 Å². The summed E-state index contributed by atoms with van der Waals surface area (Å²) in [5, 5.41) is 0. The highest BCUT2D eigenvalue weighted by atomic mass is 14.4. The Labute approximate surface area is 49.9 Å². The van der Waals surface area contributed by atoms with Crippen molar-refractivity contribution in [3.8, 4) is 0 Å². The molecule has 0 aliphatic heterocycles. The van der Waals surface area contributed by atoms with Crippen molar-refractivity contribution in [2.45, 2.75) is 13.3 Å². The number of allylic oxidation sites excluding steroid dienone is 4. The van der Waals surface area contributed by atoms with E-state index < -0.39 is 0 Å². The smallest absolute Gasteiger partial charge is 0.0159 e. The van der Waals surface area contributed by atoms with E-state index in [2.05, 4.69) is 25.2 Å². The quantitative estimate of drug-likeness (QED) is 0.444. The predicted molar refractivity (Wildman–Crippen MR) is 34.5 cm³/mol. The summed E-state index contributed by atoms with van der Waals surface area (Å²) in [5.74, 6) is 1.86. The molecule has 1 fully saturated rings. The van der Waals surface area contributed by atoms with Crippen LogP contribution in [0.3, 0.4) is 0 Å². The Morgan fingerprint density at radius 3 is 3.00 bits per heavy atom. The maximum atomic E-state index is 2.38. The van der Waals surface area contributed by atoms with Crippen molar-refractivity contribution in [1.29, 1.82) is 0 Å². The van der Waals surface area contributed by atoms with E-state index in [0.717, 1.165) is 11.8 Å². The molecule has 2 aliphatic rings. The Bertz CT molecular complexity index is 163. The first-order valence-electron chi connectivity index (χ1n) is 3.23. The molecule has 42 valence electrons. The highest BCUT2D eigenvalue weighted by Gasteiger charge is 2.33. The average Bonchev–Trinajstić information content (AvgIpc) is 2.43. The molecule has 0 saturated heterocycles. The lowest BCUT2D eigenvalue weighted by Crippen LogP contribution is -1.81. The Balaban J connectivity index is 2.28. The second-order valence-electron chi connectivity index (χ2n) is 2.83. The summed E-state index contributed by atoms with van der Waals surface area (Å²) in [6.45, 7) is 2.17. The van der Waals surface area contributed by atoms with Gasteiger partial charge < -0.3 is 0 Å². The molecule has 0 aromatic rings. The first-order chi connectivity index (χ1) is 3.86. The van der Waals surface area contributed by atoms with Gasteiger partial charge in [-0.15, -0.1) is 0 Å². The van der Waals surface area contributed by atoms with E-state index in [9.17, 15) is 0 Å². The fourth-order valence-corrected chi connectivity index (χ4v) is 1.32. The van der Waals surface area contributed by atoms with Gasteiger partial charge in [0.2, 0.25) is 0 Å². The molecule has 2 aliphatic carbocycles. The zero-order valence-corrected chi connectivity index (χ0v) is 5.09. The minimum absolute atomic E-state index is 0.929. The van der Waals surface area contributed by atoms with Gasteiger partial charge in [-0.2, -0.15) is 0 Å². The van der Waals surface area contributed by atoms with Gasteiger partial charge in [0, 0.05) is 0 Å². The van der Waals surface area contributed by atoms with Gasteiger partial charge in [-0.3, -0.25) is 0 Å². The van der Waals surface area contributed by atoms with Crippen molar-refractivity contribution in [2.75, 3.05) is 0 Å². The maximum absolute atomic E-state index is 2.38.